The summed E-state index contributed by atoms with van der Waals surface area (Å²) in [5.41, 5.74) is 1.12. The van der Waals surface area contributed by atoms with E-state index in [4.69, 9.17) is 4.74 Å². The molecule has 1 aromatic heterocycles. The largest absolute Gasteiger partial charge is 0.489 e. The second-order valence-corrected chi connectivity index (χ2v) is 5.66. The van der Waals surface area contributed by atoms with Crippen LogP contribution in [-0.2, 0) is 6.42 Å². The van der Waals surface area contributed by atoms with Gasteiger partial charge < -0.3 is 14.7 Å². The number of thiophene rings is 1. The lowest BCUT2D eigenvalue weighted by molar-refractivity contribution is 0.0692. The van der Waals surface area contributed by atoms with Crippen molar-refractivity contribution in [1.82, 2.24) is 0 Å². The Kier molecular flexibility index (Phi) is 3.60. The van der Waals surface area contributed by atoms with Crippen molar-refractivity contribution in [3.8, 4) is 5.75 Å². The second-order valence-electron chi connectivity index (χ2n) is 4.62. The Bertz CT molecular complexity index is 610. The van der Waals surface area contributed by atoms with Gasteiger partial charge in [-0.2, -0.15) is 0 Å². The Morgan fingerprint density at radius 3 is 3.00 bits per heavy atom. The molecule has 2 aromatic rings. The van der Waals surface area contributed by atoms with Crippen molar-refractivity contribution in [2.75, 3.05) is 24.6 Å². The summed E-state index contributed by atoms with van der Waals surface area (Å²) >= 11 is 1.75. The molecule has 3 rings (SSSR count). The quantitative estimate of drug-likeness (QED) is 0.940. The fraction of sp³-hybridized carbons (Fsp3) is 0.267. The topological polar surface area (TPSA) is 49.8 Å². The first-order chi connectivity index (χ1) is 9.75. The van der Waals surface area contributed by atoms with Crippen molar-refractivity contribution >= 4 is 23.0 Å². The van der Waals surface area contributed by atoms with Gasteiger partial charge in [-0.05, 0) is 30.0 Å². The molecule has 0 radical (unpaired) electrons. The highest BCUT2D eigenvalue weighted by molar-refractivity contribution is 7.09. The average Bonchev–Trinajstić information content (AvgIpc) is 2.97. The smallest absolute Gasteiger partial charge is 0.339 e. The first-order valence-corrected chi connectivity index (χ1v) is 7.40. The van der Waals surface area contributed by atoms with E-state index in [1.165, 1.54) is 4.88 Å². The predicted molar refractivity (Wildman–Crippen MR) is 79.1 cm³/mol. The number of carboxylic acids is 1. The number of hydrogen-bond donors (Lipinski definition) is 1. The molecule has 4 nitrogen and oxygen atoms in total. The number of fused-ring (bicyclic) bond motifs is 1. The van der Waals surface area contributed by atoms with E-state index in [1.54, 1.807) is 23.5 Å². The maximum atomic E-state index is 11.2. The van der Waals surface area contributed by atoms with Crippen LogP contribution in [0, 0.1) is 0 Å². The standard InChI is InChI=1S/C15H15NO3S/c17-15(18)12-4-1-5-13-14(12)19-9-8-16(13)7-6-11-3-2-10-20-11/h1-5,10H,6-9H2,(H,17,18). The zero-order valence-electron chi connectivity index (χ0n) is 10.9. The summed E-state index contributed by atoms with van der Waals surface area (Å²) in [6, 6.07) is 9.46. The van der Waals surface area contributed by atoms with E-state index in [0.717, 1.165) is 25.2 Å². The molecule has 1 aromatic carbocycles. The van der Waals surface area contributed by atoms with E-state index < -0.39 is 5.97 Å². The van der Waals surface area contributed by atoms with Crippen LogP contribution in [0.3, 0.4) is 0 Å². The molecule has 1 aliphatic rings. The van der Waals surface area contributed by atoms with Gasteiger partial charge in [0, 0.05) is 11.4 Å². The van der Waals surface area contributed by atoms with Crippen molar-refractivity contribution < 1.29 is 14.6 Å². The van der Waals surface area contributed by atoms with E-state index in [-0.39, 0.29) is 5.56 Å². The van der Waals surface area contributed by atoms with Gasteiger partial charge in [-0.1, -0.05) is 12.1 Å². The normalized spacial score (nSPS) is 13.7. The van der Waals surface area contributed by atoms with Crippen LogP contribution in [0.15, 0.2) is 35.7 Å². The summed E-state index contributed by atoms with van der Waals surface area (Å²) in [7, 11) is 0. The van der Waals surface area contributed by atoms with Gasteiger partial charge in [0.15, 0.2) is 5.75 Å². The fourth-order valence-electron chi connectivity index (χ4n) is 2.40. The third-order valence-corrected chi connectivity index (χ3v) is 4.32. The van der Waals surface area contributed by atoms with Crippen LogP contribution in [-0.4, -0.2) is 30.8 Å². The number of hydrogen-bond acceptors (Lipinski definition) is 4. The first-order valence-electron chi connectivity index (χ1n) is 6.52. The van der Waals surface area contributed by atoms with Gasteiger partial charge in [0.1, 0.15) is 12.2 Å². The Balaban J connectivity index is 1.83. The minimum atomic E-state index is -0.943. The molecule has 0 amide bonds. The van der Waals surface area contributed by atoms with Crippen molar-refractivity contribution in [3.63, 3.8) is 0 Å². The minimum absolute atomic E-state index is 0.239. The number of carboxylic acid groups (broad SMARTS) is 1. The van der Waals surface area contributed by atoms with Crippen molar-refractivity contribution in [2.45, 2.75) is 6.42 Å². The lowest BCUT2D eigenvalue weighted by Crippen LogP contribution is -2.34. The maximum Gasteiger partial charge on any atom is 0.339 e. The third kappa shape index (κ3) is 2.49. The monoisotopic (exact) mass is 289 g/mol. The molecule has 1 N–H and O–H groups in total. The Morgan fingerprint density at radius 1 is 1.35 bits per heavy atom. The zero-order chi connectivity index (χ0) is 13.9. The third-order valence-electron chi connectivity index (χ3n) is 3.38. The van der Waals surface area contributed by atoms with Crippen molar-refractivity contribution in [3.05, 3.63) is 46.2 Å². The van der Waals surface area contributed by atoms with Gasteiger partial charge in [-0.3, -0.25) is 0 Å². The van der Waals surface area contributed by atoms with Crippen molar-refractivity contribution in [2.24, 2.45) is 0 Å². The fourth-order valence-corrected chi connectivity index (χ4v) is 3.10. The average molecular weight is 289 g/mol. The van der Waals surface area contributed by atoms with E-state index in [0.29, 0.717) is 12.4 Å². The second kappa shape index (κ2) is 5.54. The molecular weight excluding hydrogens is 274 g/mol. The summed E-state index contributed by atoms with van der Waals surface area (Å²) < 4.78 is 5.56. The number of nitrogens with zero attached hydrogens (tertiary/aromatic N) is 1. The molecule has 0 bridgehead atoms. The number of anilines is 1. The molecule has 5 heteroatoms. The number of benzene rings is 1. The molecule has 0 saturated carbocycles. The van der Waals surface area contributed by atoms with Gasteiger partial charge in [0.05, 0.1) is 12.2 Å². The van der Waals surface area contributed by atoms with Gasteiger partial charge in [0.2, 0.25) is 0 Å². The Morgan fingerprint density at radius 2 is 2.25 bits per heavy atom. The zero-order valence-corrected chi connectivity index (χ0v) is 11.7. The predicted octanol–water partition coefficient (Wildman–Crippen LogP) is 2.89. The number of aromatic carboxylic acids is 1. The molecule has 20 heavy (non-hydrogen) atoms. The first kappa shape index (κ1) is 13.0. The van der Waals surface area contributed by atoms with Crippen LogP contribution in [0.1, 0.15) is 15.2 Å². The highest BCUT2D eigenvalue weighted by Gasteiger charge is 2.23. The van der Waals surface area contributed by atoms with E-state index in [2.05, 4.69) is 22.4 Å². The van der Waals surface area contributed by atoms with Gasteiger partial charge >= 0.3 is 5.97 Å². The summed E-state index contributed by atoms with van der Waals surface area (Å²) in [4.78, 5) is 14.8. The summed E-state index contributed by atoms with van der Waals surface area (Å²) in [6.07, 6.45) is 0.967. The van der Waals surface area contributed by atoms with Crippen LogP contribution in [0.2, 0.25) is 0 Å². The van der Waals surface area contributed by atoms with Crippen LogP contribution in [0.4, 0.5) is 5.69 Å². The molecule has 0 atom stereocenters. The van der Waals surface area contributed by atoms with Crippen molar-refractivity contribution in [1.29, 1.82) is 0 Å². The summed E-state index contributed by atoms with van der Waals surface area (Å²) in [5, 5.41) is 11.3. The molecular formula is C15H15NO3S. The summed E-state index contributed by atoms with van der Waals surface area (Å²) in [6.45, 7) is 2.20. The van der Waals surface area contributed by atoms with Gasteiger partial charge in [-0.15, -0.1) is 11.3 Å². The highest BCUT2D eigenvalue weighted by Crippen LogP contribution is 2.35. The van der Waals surface area contributed by atoms with Crippen LogP contribution in [0.25, 0.3) is 0 Å². The lowest BCUT2D eigenvalue weighted by Gasteiger charge is -2.31. The SMILES string of the molecule is O=C(O)c1cccc2c1OCCN2CCc1cccs1. The van der Waals surface area contributed by atoms with E-state index in [9.17, 15) is 9.90 Å². The van der Waals surface area contributed by atoms with Gasteiger partial charge in [-0.25, -0.2) is 4.79 Å². The molecule has 0 unspecified atom stereocenters. The molecule has 1 aliphatic heterocycles. The lowest BCUT2D eigenvalue weighted by atomic mass is 10.1. The van der Waals surface area contributed by atoms with E-state index in [1.807, 2.05) is 6.07 Å². The van der Waals surface area contributed by atoms with Crippen LogP contribution < -0.4 is 9.64 Å². The Labute approximate surface area is 121 Å². The number of rotatable bonds is 4. The van der Waals surface area contributed by atoms with E-state index >= 15 is 0 Å². The molecule has 0 fully saturated rings. The van der Waals surface area contributed by atoms with Gasteiger partial charge in [0.25, 0.3) is 0 Å². The molecule has 0 saturated heterocycles. The summed E-state index contributed by atoms with van der Waals surface area (Å²) in [5.74, 6) is -0.445. The number of para-hydroxylation sites is 1. The minimum Gasteiger partial charge on any atom is -0.489 e. The number of ether oxygens (including phenoxy) is 1. The molecule has 0 spiro atoms. The molecule has 104 valence electrons. The highest BCUT2D eigenvalue weighted by atomic mass is 32.1. The molecule has 2 heterocycles. The number of carbonyl (C=O) groups is 1. The molecule has 0 aliphatic carbocycles. The van der Waals surface area contributed by atoms with Crippen LogP contribution in [0.5, 0.6) is 5.75 Å². The maximum absolute atomic E-state index is 11.2. The van der Waals surface area contributed by atoms with Crippen LogP contribution >= 0.6 is 11.3 Å². The Hall–Kier alpha value is -2.01.